The first-order valence-corrected chi connectivity index (χ1v) is 10.7. The summed E-state index contributed by atoms with van der Waals surface area (Å²) in [7, 11) is 1.66. The van der Waals surface area contributed by atoms with Crippen molar-refractivity contribution in [2.75, 3.05) is 31.6 Å². The van der Waals surface area contributed by atoms with Crippen molar-refractivity contribution in [2.24, 2.45) is 0 Å². The summed E-state index contributed by atoms with van der Waals surface area (Å²) in [5.74, 6) is -0.240. The Balaban J connectivity index is 1.49. The second kappa shape index (κ2) is 6.94. The van der Waals surface area contributed by atoms with E-state index in [1.54, 1.807) is 30.4 Å². The van der Waals surface area contributed by atoms with E-state index in [-0.39, 0.29) is 24.3 Å². The minimum absolute atomic E-state index is 0.0493. The number of amides is 3. The molecular formula is C21H21N5O3S. The Morgan fingerprint density at radius 1 is 1.23 bits per heavy atom. The monoisotopic (exact) mass is 423 g/mol. The highest BCUT2D eigenvalue weighted by atomic mass is 32.1. The van der Waals surface area contributed by atoms with Gasteiger partial charge in [-0.05, 0) is 31.0 Å². The fourth-order valence-electron chi connectivity index (χ4n) is 4.19. The summed E-state index contributed by atoms with van der Waals surface area (Å²) in [5.41, 5.74) is 3.01. The van der Waals surface area contributed by atoms with Crippen LogP contribution in [0.25, 0.3) is 5.65 Å². The normalized spacial score (nSPS) is 16.7. The van der Waals surface area contributed by atoms with E-state index < -0.39 is 0 Å². The molecule has 5 heterocycles. The zero-order valence-electron chi connectivity index (χ0n) is 16.8. The van der Waals surface area contributed by atoms with Crippen LogP contribution >= 0.6 is 11.3 Å². The number of imidazole rings is 1. The predicted molar refractivity (Wildman–Crippen MR) is 113 cm³/mol. The zero-order valence-corrected chi connectivity index (χ0v) is 17.6. The second-order valence-corrected chi connectivity index (χ2v) is 8.65. The van der Waals surface area contributed by atoms with Crippen molar-refractivity contribution < 1.29 is 14.4 Å². The number of carbonyl (C=O) groups is 3. The number of rotatable bonds is 2. The van der Waals surface area contributed by atoms with Gasteiger partial charge in [0.1, 0.15) is 17.2 Å². The van der Waals surface area contributed by atoms with Gasteiger partial charge < -0.3 is 19.1 Å². The lowest BCUT2D eigenvalue weighted by atomic mass is 10.0. The number of carbonyl (C=O) groups excluding carboxylic acids is 3. The van der Waals surface area contributed by atoms with E-state index in [1.165, 1.54) is 16.2 Å². The predicted octanol–water partition coefficient (Wildman–Crippen LogP) is 2.03. The van der Waals surface area contributed by atoms with Gasteiger partial charge in [0.15, 0.2) is 0 Å². The Morgan fingerprint density at radius 2 is 2.07 bits per heavy atom. The number of hydrogen-bond donors (Lipinski definition) is 0. The second-order valence-electron chi connectivity index (χ2n) is 7.57. The molecule has 0 saturated heterocycles. The van der Waals surface area contributed by atoms with Crippen molar-refractivity contribution in [3.8, 4) is 0 Å². The molecule has 0 N–H and O–H groups in total. The number of fused-ring (bicyclic) bond motifs is 4. The van der Waals surface area contributed by atoms with E-state index in [0.717, 1.165) is 21.1 Å². The van der Waals surface area contributed by atoms with Crippen LogP contribution in [0.5, 0.6) is 0 Å². The highest BCUT2D eigenvalue weighted by Gasteiger charge is 2.37. The molecule has 30 heavy (non-hydrogen) atoms. The van der Waals surface area contributed by atoms with Crippen LogP contribution in [0.4, 0.5) is 5.00 Å². The maximum Gasteiger partial charge on any atom is 0.257 e. The van der Waals surface area contributed by atoms with Crippen molar-refractivity contribution in [2.45, 2.75) is 19.9 Å². The summed E-state index contributed by atoms with van der Waals surface area (Å²) in [6.07, 6.45) is 5.91. The quantitative estimate of drug-likeness (QED) is 0.632. The van der Waals surface area contributed by atoms with Gasteiger partial charge >= 0.3 is 0 Å². The smallest absolute Gasteiger partial charge is 0.257 e. The topological polar surface area (TPSA) is 78.2 Å². The number of hydrogen-bond acceptors (Lipinski definition) is 5. The first kappa shape index (κ1) is 18.8. The van der Waals surface area contributed by atoms with Crippen molar-refractivity contribution in [1.82, 2.24) is 19.2 Å². The molecule has 0 aromatic carbocycles. The third-order valence-corrected chi connectivity index (χ3v) is 7.00. The lowest BCUT2D eigenvalue weighted by Crippen LogP contribution is -2.38. The third-order valence-electron chi connectivity index (χ3n) is 5.76. The van der Waals surface area contributed by atoms with Gasteiger partial charge in [0, 0.05) is 43.6 Å². The molecule has 0 saturated carbocycles. The fraction of sp³-hybridized carbons (Fsp3) is 0.333. The first-order chi connectivity index (χ1) is 14.5. The van der Waals surface area contributed by atoms with Crippen molar-refractivity contribution in [1.29, 1.82) is 0 Å². The van der Waals surface area contributed by atoms with Crippen LogP contribution in [0.3, 0.4) is 0 Å². The van der Waals surface area contributed by atoms with Crippen LogP contribution in [0.1, 0.15) is 38.1 Å². The Hall–Kier alpha value is -3.20. The molecule has 0 unspecified atom stereocenters. The molecule has 8 nitrogen and oxygen atoms in total. The summed E-state index contributed by atoms with van der Waals surface area (Å²) in [6, 6.07) is 3.62. The molecule has 0 bridgehead atoms. The van der Waals surface area contributed by atoms with Crippen molar-refractivity contribution in [3.63, 3.8) is 0 Å². The number of pyridine rings is 1. The van der Waals surface area contributed by atoms with Crippen LogP contribution in [0.15, 0.2) is 30.7 Å². The Bertz CT molecular complexity index is 1200. The summed E-state index contributed by atoms with van der Waals surface area (Å²) in [4.78, 5) is 48.9. The largest absolute Gasteiger partial charge is 0.333 e. The molecule has 0 aliphatic carbocycles. The van der Waals surface area contributed by atoms with Gasteiger partial charge in [-0.3, -0.25) is 14.4 Å². The first-order valence-electron chi connectivity index (χ1n) is 9.90. The lowest BCUT2D eigenvalue weighted by molar-refractivity contribution is -0.118. The number of aromatic nitrogens is 2. The van der Waals surface area contributed by atoms with Gasteiger partial charge in [0.2, 0.25) is 5.91 Å². The summed E-state index contributed by atoms with van der Waals surface area (Å²) >= 11 is 1.46. The SMILES string of the molecule is CCN1C(=O)CN(C)C(=O)c2c1sc1c2CCN(C(=O)c2ccc3nccn3c2)C1. The number of nitrogens with zero attached hydrogens (tertiary/aromatic N) is 5. The zero-order chi connectivity index (χ0) is 21.0. The Morgan fingerprint density at radius 3 is 2.87 bits per heavy atom. The fourth-order valence-corrected chi connectivity index (χ4v) is 5.62. The van der Waals surface area contributed by atoms with Gasteiger partial charge in [0.05, 0.1) is 17.7 Å². The average Bonchev–Trinajstić information content (AvgIpc) is 3.34. The molecule has 3 amide bonds. The lowest BCUT2D eigenvalue weighted by Gasteiger charge is -2.27. The van der Waals surface area contributed by atoms with Gasteiger partial charge in [0.25, 0.3) is 11.8 Å². The Kier molecular flexibility index (Phi) is 4.35. The van der Waals surface area contributed by atoms with Crippen LogP contribution < -0.4 is 4.90 Å². The molecule has 0 radical (unpaired) electrons. The van der Waals surface area contributed by atoms with Crippen molar-refractivity contribution >= 4 is 39.7 Å². The number of likely N-dealkylation sites (N-methyl/N-ethyl adjacent to an activating group) is 2. The maximum atomic E-state index is 13.1. The van der Waals surface area contributed by atoms with Crippen LogP contribution in [0.2, 0.25) is 0 Å². The van der Waals surface area contributed by atoms with E-state index in [2.05, 4.69) is 4.98 Å². The Labute approximate surface area is 177 Å². The van der Waals surface area contributed by atoms with E-state index in [0.29, 0.717) is 37.2 Å². The highest BCUT2D eigenvalue weighted by molar-refractivity contribution is 7.17. The molecule has 2 aliphatic heterocycles. The van der Waals surface area contributed by atoms with Gasteiger partial charge in [-0.2, -0.15) is 0 Å². The molecule has 0 spiro atoms. The molecule has 0 fully saturated rings. The number of thiophene rings is 1. The minimum Gasteiger partial charge on any atom is -0.333 e. The molecule has 3 aromatic heterocycles. The minimum atomic E-state index is -0.114. The molecule has 3 aromatic rings. The van der Waals surface area contributed by atoms with Crippen LogP contribution in [0, 0.1) is 0 Å². The maximum absolute atomic E-state index is 13.1. The van der Waals surface area contributed by atoms with Gasteiger partial charge in [-0.1, -0.05) is 0 Å². The van der Waals surface area contributed by atoms with E-state index in [9.17, 15) is 14.4 Å². The molecular weight excluding hydrogens is 402 g/mol. The summed E-state index contributed by atoms with van der Waals surface area (Å²) in [5, 5.41) is 0.719. The third kappa shape index (κ3) is 2.80. The highest BCUT2D eigenvalue weighted by Crippen LogP contribution is 2.41. The molecule has 154 valence electrons. The summed E-state index contributed by atoms with van der Waals surface area (Å²) in [6.45, 7) is 3.49. The van der Waals surface area contributed by atoms with Crippen molar-refractivity contribution in [3.05, 3.63) is 52.3 Å². The summed E-state index contributed by atoms with van der Waals surface area (Å²) < 4.78 is 1.83. The van der Waals surface area contributed by atoms with Gasteiger partial charge in [-0.15, -0.1) is 11.3 Å². The van der Waals surface area contributed by atoms with Crippen LogP contribution in [-0.4, -0.2) is 63.6 Å². The van der Waals surface area contributed by atoms with E-state index in [4.69, 9.17) is 0 Å². The molecule has 5 rings (SSSR count). The van der Waals surface area contributed by atoms with E-state index >= 15 is 0 Å². The molecule has 9 heteroatoms. The van der Waals surface area contributed by atoms with Crippen LogP contribution in [-0.2, 0) is 17.8 Å². The van der Waals surface area contributed by atoms with Gasteiger partial charge in [-0.25, -0.2) is 4.98 Å². The molecule has 0 atom stereocenters. The number of anilines is 1. The molecule has 2 aliphatic rings. The van der Waals surface area contributed by atoms with E-state index in [1.807, 2.05) is 28.5 Å². The average molecular weight is 423 g/mol. The standard InChI is InChI=1S/C21H21N5O3S/c1-3-26-17(27)12-23(2)20(29)18-14-6-8-25(11-15(14)30-21(18)26)19(28)13-4-5-16-22-7-9-24(16)10-13/h4-5,7,9-10H,3,6,8,11-12H2,1-2H3.